The average Bonchev–Trinajstić information content (AvgIpc) is 2.77. The molecule has 0 unspecified atom stereocenters. The van der Waals surface area contributed by atoms with E-state index < -0.39 is 34.7 Å². The van der Waals surface area contributed by atoms with Crippen molar-refractivity contribution in [1.29, 1.82) is 5.26 Å². The van der Waals surface area contributed by atoms with Crippen LogP contribution in [0.5, 0.6) is 5.88 Å². The lowest BCUT2D eigenvalue weighted by molar-refractivity contribution is 0.0371. The second kappa shape index (κ2) is 8.22. The normalized spacial score (nSPS) is 23.1. The monoisotopic (exact) mass is 432 g/mol. The largest absolute Gasteiger partial charge is 0.480 e. The van der Waals surface area contributed by atoms with Crippen molar-refractivity contribution in [3.05, 3.63) is 47.7 Å². The summed E-state index contributed by atoms with van der Waals surface area (Å²) >= 11 is 0. The number of methoxy groups -OCH3 is 1. The van der Waals surface area contributed by atoms with Crippen LogP contribution in [0.1, 0.15) is 35.8 Å². The Morgan fingerprint density at radius 1 is 1.32 bits per heavy atom. The van der Waals surface area contributed by atoms with Gasteiger partial charge < -0.3 is 15.8 Å². The maximum Gasteiger partial charge on any atom is 0.275 e. The maximum absolute atomic E-state index is 14.6. The second-order valence-electron chi connectivity index (χ2n) is 7.26. The van der Waals surface area contributed by atoms with Crippen LogP contribution < -0.4 is 15.8 Å². The van der Waals surface area contributed by atoms with Crippen molar-refractivity contribution in [3.8, 4) is 11.9 Å². The molecule has 0 spiro atoms. The zero-order chi connectivity index (χ0) is 22.8. The number of amides is 1. The molecule has 2 aromatic rings. The van der Waals surface area contributed by atoms with Crippen molar-refractivity contribution in [2.75, 3.05) is 12.4 Å². The minimum absolute atomic E-state index is 0.0271. The number of ether oxygens (including phenoxy) is 1. The van der Waals surface area contributed by atoms with Crippen LogP contribution >= 0.6 is 0 Å². The molecule has 3 rings (SSSR count). The van der Waals surface area contributed by atoms with E-state index in [4.69, 9.17) is 10.5 Å². The minimum atomic E-state index is -3.10. The van der Waals surface area contributed by atoms with Crippen molar-refractivity contribution < 1.29 is 22.7 Å². The molecule has 1 aromatic heterocycles. The van der Waals surface area contributed by atoms with Crippen LogP contribution in [0.2, 0.25) is 0 Å². The van der Waals surface area contributed by atoms with Gasteiger partial charge in [0, 0.05) is 11.3 Å². The number of nitriles is 1. The van der Waals surface area contributed by atoms with E-state index >= 15 is 0 Å². The van der Waals surface area contributed by atoms with Gasteiger partial charge in [-0.3, -0.25) is 9.79 Å². The smallest absolute Gasteiger partial charge is 0.275 e. The van der Waals surface area contributed by atoms with Gasteiger partial charge in [0.1, 0.15) is 22.8 Å². The quantitative estimate of drug-likeness (QED) is 0.748. The molecule has 2 heterocycles. The summed E-state index contributed by atoms with van der Waals surface area (Å²) < 4.78 is 47.9. The van der Waals surface area contributed by atoms with Gasteiger partial charge in [-0.05, 0) is 38.0 Å². The number of hydrogen-bond donors (Lipinski definition) is 2. The molecule has 8 nitrogen and oxygen atoms in total. The maximum atomic E-state index is 14.6. The average molecular weight is 432 g/mol. The van der Waals surface area contributed by atoms with Gasteiger partial charge in [-0.25, -0.2) is 23.1 Å². The Balaban J connectivity index is 1.97. The zero-order valence-electron chi connectivity index (χ0n) is 16.7. The number of hydrogen-bond acceptors (Lipinski definition) is 7. The molecular formula is C20H19F3N6O2. The molecule has 0 aliphatic carbocycles. The number of amidine groups is 1. The molecule has 3 N–H and O–H groups in total. The highest BCUT2D eigenvalue weighted by Crippen LogP contribution is 2.46. The highest BCUT2D eigenvalue weighted by molar-refractivity contribution is 6.02. The van der Waals surface area contributed by atoms with Gasteiger partial charge in [-0.15, -0.1) is 0 Å². The predicted octanol–water partition coefficient (Wildman–Crippen LogP) is 3.02. The molecular weight excluding hydrogens is 413 g/mol. The van der Waals surface area contributed by atoms with E-state index in [1.54, 1.807) is 0 Å². The third-order valence-corrected chi connectivity index (χ3v) is 5.26. The molecule has 1 amide bonds. The van der Waals surface area contributed by atoms with E-state index in [1.165, 1.54) is 32.5 Å². The first-order chi connectivity index (χ1) is 14.6. The van der Waals surface area contributed by atoms with Crippen LogP contribution in [0.15, 0.2) is 35.6 Å². The molecule has 0 radical (unpaired) electrons. The summed E-state index contributed by atoms with van der Waals surface area (Å²) in [6.07, 6.45) is -1.01. The van der Waals surface area contributed by atoms with Crippen LogP contribution in [-0.2, 0) is 5.54 Å². The van der Waals surface area contributed by atoms with Gasteiger partial charge in [-0.2, -0.15) is 5.26 Å². The lowest BCUT2D eigenvalue weighted by atomic mass is 9.74. The van der Waals surface area contributed by atoms with Gasteiger partial charge in [-0.1, -0.05) is 0 Å². The highest BCUT2D eigenvalue weighted by Gasteiger charge is 2.50. The number of nitrogens with two attached hydrogens (primary N) is 1. The summed E-state index contributed by atoms with van der Waals surface area (Å²) in [6, 6.07) is 5.23. The SMILES string of the molecule is COc1cnc(C(=O)Nc2ccc(F)c([C@@]3(C(F)F)CC[C@](C)(C#N)C(N)=N3)c2)cn1. The fourth-order valence-corrected chi connectivity index (χ4v) is 3.22. The number of halogens is 3. The fraction of sp³-hybridized carbons (Fsp3) is 0.350. The number of aliphatic imine (C=N–C) groups is 1. The first-order valence-electron chi connectivity index (χ1n) is 9.18. The zero-order valence-corrected chi connectivity index (χ0v) is 16.7. The summed E-state index contributed by atoms with van der Waals surface area (Å²) in [5.74, 6) is -1.69. The molecule has 0 fully saturated rings. The van der Waals surface area contributed by atoms with E-state index in [9.17, 15) is 23.2 Å². The Kier molecular flexibility index (Phi) is 5.83. The molecule has 31 heavy (non-hydrogen) atoms. The molecule has 1 aliphatic rings. The number of anilines is 1. The van der Waals surface area contributed by atoms with E-state index in [-0.39, 0.29) is 35.9 Å². The summed E-state index contributed by atoms with van der Waals surface area (Å²) in [4.78, 5) is 24.1. The van der Waals surface area contributed by atoms with E-state index in [0.717, 1.165) is 12.1 Å². The van der Waals surface area contributed by atoms with Crippen molar-refractivity contribution in [3.63, 3.8) is 0 Å². The lowest BCUT2D eigenvalue weighted by Crippen LogP contribution is -2.46. The summed E-state index contributed by atoms with van der Waals surface area (Å²) in [5, 5.41) is 11.8. The van der Waals surface area contributed by atoms with Crippen LogP contribution in [0.3, 0.4) is 0 Å². The third-order valence-electron chi connectivity index (χ3n) is 5.26. The lowest BCUT2D eigenvalue weighted by Gasteiger charge is -2.38. The van der Waals surface area contributed by atoms with Crippen molar-refractivity contribution in [1.82, 2.24) is 9.97 Å². The Morgan fingerprint density at radius 2 is 2.06 bits per heavy atom. The minimum Gasteiger partial charge on any atom is -0.480 e. The van der Waals surface area contributed by atoms with Crippen molar-refractivity contribution >= 4 is 17.4 Å². The van der Waals surface area contributed by atoms with Crippen molar-refractivity contribution in [2.24, 2.45) is 16.1 Å². The van der Waals surface area contributed by atoms with Gasteiger partial charge in [0.25, 0.3) is 12.3 Å². The number of alkyl halides is 2. The van der Waals surface area contributed by atoms with Crippen LogP contribution in [-0.4, -0.2) is 35.2 Å². The van der Waals surface area contributed by atoms with Crippen molar-refractivity contribution in [2.45, 2.75) is 31.7 Å². The molecule has 0 saturated heterocycles. The van der Waals surface area contributed by atoms with Gasteiger partial charge in [0.15, 0.2) is 5.54 Å². The molecule has 11 heteroatoms. The first-order valence-corrected chi connectivity index (χ1v) is 9.18. The van der Waals surface area contributed by atoms with Gasteiger partial charge in [0.2, 0.25) is 5.88 Å². The first kappa shape index (κ1) is 22.0. The van der Waals surface area contributed by atoms with Gasteiger partial charge in [0.05, 0.1) is 25.6 Å². The predicted molar refractivity (Wildman–Crippen MR) is 105 cm³/mol. The number of nitrogens with zero attached hydrogens (tertiary/aromatic N) is 4. The molecule has 2 atom stereocenters. The van der Waals surface area contributed by atoms with E-state index in [1.807, 2.05) is 6.07 Å². The second-order valence-corrected chi connectivity index (χ2v) is 7.26. The number of rotatable bonds is 5. The standard InChI is InChI=1S/C20H19F3N6O2/c1-19(10-24)5-6-20(17(22)23,29-18(19)25)12-7-11(3-4-13(12)21)28-16(30)14-8-27-15(31-2)9-26-14/h3-4,7-9,17H,5-6H2,1-2H3,(H2,25,29)(H,28,30)/t19-,20-/m1/s1. The highest BCUT2D eigenvalue weighted by atomic mass is 19.3. The molecule has 162 valence electrons. The summed E-state index contributed by atoms with van der Waals surface area (Å²) in [7, 11) is 1.39. The van der Waals surface area contributed by atoms with E-state index in [0.29, 0.717) is 0 Å². The van der Waals surface area contributed by atoms with E-state index in [2.05, 4.69) is 20.3 Å². The topological polar surface area (TPSA) is 126 Å². The number of carbonyl (C=O) groups is 1. The van der Waals surface area contributed by atoms with Crippen LogP contribution in [0.4, 0.5) is 18.9 Å². The number of benzene rings is 1. The molecule has 0 saturated carbocycles. The number of nitrogens with one attached hydrogen (secondary N) is 1. The van der Waals surface area contributed by atoms with Crippen LogP contribution in [0.25, 0.3) is 0 Å². The third kappa shape index (κ3) is 4.01. The van der Waals surface area contributed by atoms with Crippen LogP contribution in [0, 0.1) is 22.6 Å². The number of carbonyl (C=O) groups excluding carboxylic acids is 1. The van der Waals surface area contributed by atoms with Gasteiger partial charge >= 0.3 is 0 Å². The molecule has 0 bridgehead atoms. The molecule has 1 aromatic carbocycles. The summed E-state index contributed by atoms with van der Waals surface area (Å²) in [6.45, 7) is 1.49. The molecule has 1 aliphatic heterocycles. The Labute approximate surface area is 176 Å². The Morgan fingerprint density at radius 3 is 2.61 bits per heavy atom. The Bertz CT molecular complexity index is 1070. The number of aromatic nitrogens is 2. The summed E-state index contributed by atoms with van der Waals surface area (Å²) in [5.41, 5.74) is 1.91. The Hall–Kier alpha value is -3.68. The fourth-order valence-electron chi connectivity index (χ4n) is 3.22.